The van der Waals surface area contributed by atoms with E-state index in [1.54, 1.807) is 0 Å². The van der Waals surface area contributed by atoms with Gasteiger partial charge in [-0.15, -0.1) is 11.6 Å². The van der Waals surface area contributed by atoms with Crippen LogP contribution in [-0.2, 0) is 11.2 Å². The van der Waals surface area contributed by atoms with Crippen molar-refractivity contribution in [1.82, 2.24) is 5.32 Å². The zero-order valence-electron chi connectivity index (χ0n) is 10.3. The number of halogens is 1. The third-order valence-electron chi connectivity index (χ3n) is 3.36. The van der Waals surface area contributed by atoms with Crippen LogP contribution in [0.3, 0.4) is 0 Å². The Kier molecular flexibility index (Phi) is 4.84. The molecule has 0 fully saturated rings. The molecule has 3 heteroatoms. The molecule has 0 radical (unpaired) electrons. The highest BCUT2D eigenvalue weighted by Gasteiger charge is 2.20. The Morgan fingerprint density at radius 1 is 1.47 bits per heavy atom. The van der Waals surface area contributed by atoms with E-state index in [2.05, 4.69) is 36.5 Å². The average molecular weight is 254 g/mol. The lowest BCUT2D eigenvalue weighted by Gasteiger charge is -2.27. The van der Waals surface area contributed by atoms with Crippen molar-refractivity contribution in [2.45, 2.75) is 31.9 Å². The van der Waals surface area contributed by atoms with Crippen molar-refractivity contribution >= 4 is 11.6 Å². The van der Waals surface area contributed by atoms with Gasteiger partial charge in [0.05, 0.1) is 12.7 Å². The van der Waals surface area contributed by atoms with E-state index in [0.717, 1.165) is 26.0 Å². The molecule has 2 atom stereocenters. The maximum absolute atomic E-state index is 5.88. The molecule has 1 heterocycles. The molecule has 1 aliphatic rings. The van der Waals surface area contributed by atoms with Crippen LogP contribution in [0, 0.1) is 0 Å². The van der Waals surface area contributed by atoms with Gasteiger partial charge in [0.1, 0.15) is 0 Å². The van der Waals surface area contributed by atoms with Gasteiger partial charge < -0.3 is 10.1 Å². The van der Waals surface area contributed by atoms with Crippen LogP contribution >= 0.6 is 11.6 Å². The van der Waals surface area contributed by atoms with E-state index in [1.807, 2.05) is 0 Å². The smallest absolute Gasteiger partial charge is 0.0952 e. The van der Waals surface area contributed by atoms with Crippen LogP contribution in [0.5, 0.6) is 0 Å². The summed E-state index contributed by atoms with van der Waals surface area (Å²) < 4.78 is 5.84. The van der Waals surface area contributed by atoms with E-state index in [1.165, 1.54) is 11.1 Å². The molecule has 1 aromatic rings. The molecular weight excluding hydrogens is 234 g/mol. The second kappa shape index (κ2) is 6.39. The number of rotatable bonds is 5. The van der Waals surface area contributed by atoms with Crippen LogP contribution in [0.2, 0.25) is 0 Å². The number of alkyl halides is 1. The van der Waals surface area contributed by atoms with Crippen LogP contribution < -0.4 is 5.32 Å². The van der Waals surface area contributed by atoms with E-state index in [0.29, 0.717) is 11.9 Å². The van der Waals surface area contributed by atoms with Crippen LogP contribution in [0.1, 0.15) is 30.6 Å². The molecular formula is C14H20ClNO. The maximum Gasteiger partial charge on any atom is 0.0952 e. The summed E-state index contributed by atoms with van der Waals surface area (Å²) in [5.41, 5.74) is 2.75. The van der Waals surface area contributed by atoms with Gasteiger partial charge in [-0.3, -0.25) is 0 Å². The van der Waals surface area contributed by atoms with Gasteiger partial charge in [-0.2, -0.15) is 0 Å². The van der Waals surface area contributed by atoms with Gasteiger partial charge in [0.25, 0.3) is 0 Å². The van der Waals surface area contributed by atoms with E-state index >= 15 is 0 Å². The quantitative estimate of drug-likeness (QED) is 0.815. The molecule has 0 aromatic heterocycles. The zero-order valence-corrected chi connectivity index (χ0v) is 11.0. The topological polar surface area (TPSA) is 21.3 Å². The lowest BCUT2D eigenvalue weighted by molar-refractivity contribution is 0.0410. The summed E-state index contributed by atoms with van der Waals surface area (Å²) >= 11 is 5.88. The summed E-state index contributed by atoms with van der Waals surface area (Å²) in [6, 6.07) is 8.93. The van der Waals surface area contributed by atoms with Gasteiger partial charge >= 0.3 is 0 Å². The minimum absolute atomic E-state index is 0.178. The standard InChI is InChI=1S/C14H20ClNO/c1-2-12(9-15)16-10-14-13-6-4-3-5-11(13)7-8-17-14/h3-6,12,14,16H,2,7-10H2,1H3. The van der Waals surface area contributed by atoms with Gasteiger partial charge in [-0.05, 0) is 24.0 Å². The predicted octanol–water partition coefficient (Wildman–Crippen LogP) is 2.91. The summed E-state index contributed by atoms with van der Waals surface area (Å²) in [5, 5.41) is 3.47. The normalized spacial score (nSPS) is 20.9. The first-order valence-electron chi connectivity index (χ1n) is 6.34. The molecule has 0 spiro atoms. The molecule has 2 rings (SSSR count). The van der Waals surface area contributed by atoms with Crippen molar-refractivity contribution in [3.63, 3.8) is 0 Å². The fourth-order valence-electron chi connectivity index (χ4n) is 2.23. The van der Waals surface area contributed by atoms with Gasteiger partial charge in [-0.1, -0.05) is 31.2 Å². The molecule has 0 bridgehead atoms. The Labute approximate surface area is 108 Å². The summed E-state index contributed by atoms with van der Waals surface area (Å²) in [6.07, 6.45) is 2.26. The average Bonchev–Trinajstić information content (AvgIpc) is 2.40. The molecule has 1 aromatic carbocycles. The van der Waals surface area contributed by atoms with Gasteiger partial charge in [0, 0.05) is 18.5 Å². The number of hydrogen-bond donors (Lipinski definition) is 1. The molecule has 2 unspecified atom stereocenters. The molecule has 1 aliphatic heterocycles. The van der Waals surface area contributed by atoms with Gasteiger partial charge in [0.2, 0.25) is 0 Å². The van der Waals surface area contributed by atoms with Crippen LogP contribution in [0.15, 0.2) is 24.3 Å². The summed E-state index contributed by atoms with van der Waals surface area (Å²) in [7, 11) is 0. The highest BCUT2D eigenvalue weighted by Crippen LogP contribution is 2.26. The SMILES string of the molecule is CCC(CCl)NCC1OCCc2ccccc21. The van der Waals surface area contributed by atoms with E-state index in [4.69, 9.17) is 16.3 Å². The van der Waals surface area contributed by atoms with Crippen molar-refractivity contribution < 1.29 is 4.74 Å². The molecule has 1 N–H and O–H groups in total. The minimum Gasteiger partial charge on any atom is -0.372 e. The fourth-order valence-corrected chi connectivity index (χ4v) is 2.55. The minimum atomic E-state index is 0.178. The first-order valence-corrected chi connectivity index (χ1v) is 6.87. The molecule has 94 valence electrons. The van der Waals surface area contributed by atoms with Gasteiger partial charge in [-0.25, -0.2) is 0 Å². The summed E-state index contributed by atoms with van der Waals surface area (Å²) in [5.74, 6) is 0.658. The number of benzene rings is 1. The fraction of sp³-hybridized carbons (Fsp3) is 0.571. The molecule has 0 saturated carbocycles. The zero-order chi connectivity index (χ0) is 12.1. The first-order chi connectivity index (χ1) is 8.35. The van der Waals surface area contributed by atoms with E-state index < -0.39 is 0 Å². The molecule has 2 nitrogen and oxygen atoms in total. The van der Waals surface area contributed by atoms with Crippen molar-refractivity contribution in [2.75, 3.05) is 19.0 Å². The van der Waals surface area contributed by atoms with Crippen molar-refractivity contribution in [3.05, 3.63) is 35.4 Å². The predicted molar refractivity (Wildman–Crippen MR) is 71.6 cm³/mol. The third kappa shape index (κ3) is 3.21. The van der Waals surface area contributed by atoms with Crippen LogP contribution in [0.4, 0.5) is 0 Å². The second-order valence-electron chi connectivity index (χ2n) is 4.48. The Balaban J connectivity index is 1.99. The first kappa shape index (κ1) is 12.9. The second-order valence-corrected chi connectivity index (χ2v) is 4.78. The Bertz CT molecular complexity index is 352. The Morgan fingerprint density at radius 2 is 2.29 bits per heavy atom. The third-order valence-corrected chi connectivity index (χ3v) is 3.74. The largest absolute Gasteiger partial charge is 0.372 e. The van der Waals surface area contributed by atoms with Gasteiger partial charge in [0.15, 0.2) is 0 Å². The van der Waals surface area contributed by atoms with E-state index in [9.17, 15) is 0 Å². The Hall–Kier alpha value is -0.570. The Morgan fingerprint density at radius 3 is 3.06 bits per heavy atom. The van der Waals surface area contributed by atoms with Crippen molar-refractivity contribution in [1.29, 1.82) is 0 Å². The number of ether oxygens (including phenoxy) is 1. The number of fused-ring (bicyclic) bond motifs is 1. The highest BCUT2D eigenvalue weighted by molar-refractivity contribution is 6.18. The number of hydrogen-bond acceptors (Lipinski definition) is 2. The van der Waals surface area contributed by atoms with E-state index in [-0.39, 0.29) is 6.10 Å². The highest BCUT2D eigenvalue weighted by atomic mass is 35.5. The molecule has 0 saturated heterocycles. The molecule has 0 aliphatic carbocycles. The lowest BCUT2D eigenvalue weighted by atomic mass is 9.97. The van der Waals surface area contributed by atoms with Crippen molar-refractivity contribution in [3.8, 4) is 0 Å². The maximum atomic E-state index is 5.88. The van der Waals surface area contributed by atoms with Crippen molar-refractivity contribution in [2.24, 2.45) is 0 Å². The lowest BCUT2D eigenvalue weighted by Crippen LogP contribution is -2.35. The van der Waals surface area contributed by atoms with Crippen LogP contribution in [0.25, 0.3) is 0 Å². The summed E-state index contributed by atoms with van der Waals surface area (Å²) in [4.78, 5) is 0. The monoisotopic (exact) mass is 253 g/mol. The summed E-state index contributed by atoms with van der Waals surface area (Å²) in [6.45, 7) is 3.82. The molecule has 17 heavy (non-hydrogen) atoms. The number of nitrogens with one attached hydrogen (secondary N) is 1. The van der Waals surface area contributed by atoms with Crippen LogP contribution in [-0.4, -0.2) is 25.1 Å². The molecule has 0 amide bonds.